The number of nitrogens with one attached hydrogen (secondary N) is 1. The molecule has 2 heterocycles. The van der Waals surface area contributed by atoms with Crippen LogP contribution in [0.15, 0.2) is 22.9 Å². The molecular weight excluding hydrogens is 296 g/mol. The van der Waals surface area contributed by atoms with Gasteiger partial charge in [0.05, 0.1) is 12.2 Å². The van der Waals surface area contributed by atoms with Crippen molar-refractivity contribution in [2.45, 2.75) is 13.3 Å². The lowest BCUT2D eigenvalue weighted by Crippen LogP contribution is -2.01. The number of aromatic amines is 1. The summed E-state index contributed by atoms with van der Waals surface area (Å²) in [4.78, 5) is 18.4. The van der Waals surface area contributed by atoms with Gasteiger partial charge < -0.3 is 9.72 Å². The number of hydrogen-bond acceptors (Lipinski definition) is 3. The highest BCUT2D eigenvalue weighted by Crippen LogP contribution is 2.19. The molecule has 0 fully saturated rings. The number of hydrogen-bond donors (Lipinski definition) is 1. The summed E-state index contributed by atoms with van der Waals surface area (Å²) in [6.45, 7) is 2.15. The monoisotopic (exact) mass is 306 g/mol. The normalized spacial score (nSPS) is 9.89. The molecule has 2 aromatic heterocycles. The Morgan fingerprint density at radius 1 is 1.61 bits per heavy atom. The fourth-order valence-corrected chi connectivity index (χ4v) is 1.84. The molecule has 1 N–H and O–H groups in total. The second kappa shape index (κ2) is 5.69. The van der Waals surface area contributed by atoms with Crippen LogP contribution in [0.4, 0.5) is 0 Å². The van der Waals surface area contributed by atoms with Gasteiger partial charge in [0.1, 0.15) is 12.1 Å². The van der Waals surface area contributed by atoms with Crippen molar-refractivity contribution in [3.05, 3.63) is 28.5 Å². The number of carbonyl (C=O) groups is 1. The van der Waals surface area contributed by atoms with Gasteiger partial charge in [0.25, 0.3) is 0 Å². The van der Waals surface area contributed by atoms with Crippen molar-refractivity contribution in [1.82, 2.24) is 9.97 Å². The first kappa shape index (κ1) is 12.7. The predicted octanol–water partition coefficient (Wildman–Crippen LogP) is 2.63. The van der Waals surface area contributed by atoms with Gasteiger partial charge in [0.2, 0.25) is 0 Å². The summed E-state index contributed by atoms with van der Waals surface area (Å²) in [5.41, 5.74) is 1.60. The van der Waals surface area contributed by atoms with Gasteiger partial charge in [0, 0.05) is 22.3 Å². The van der Waals surface area contributed by atoms with E-state index >= 15 is 0 Å². The fraction of sp³-hybridized carbons (Fsp3) is 0.231. The Labute approximate surface area is 113 Å². The summed E-state index contributed by atoms with van der Waals surface area (Å²) in [6.07, 6.45) is 3.60. The molecule has 2 aromatic rings. The Hall–Kier alpha value is -1.80. The molecule has 0 spiro atoms. The molecular formula is C13H11BrN2O2. The van der Waals surface area contributed by atoms with Crippen LogP contribution in [0.2, 0.25) is 0 Å². The number of esters is 1. The standard InChI is InChI=1S/C13H11BrN2O2/c1-2-18-12(17)5-3-4-9-7-15-13-11(9)6-10(14)8-16-13/h6-8H,2,5H2,1H3,(H,15,16). The highest BCUT2D eigenvalue weighted by atomic mass is 79.9. The number of nitrogens with zero attached hydrogens (tertiary/aromatic N) is 1. The van der Waals surface area contributed by atoms with E-state index in [0.29, 0.717) is 6.61 Å². The maximum Gasteiger partial charge on any atom is 0.317 e. The third kappa shape index (κ3) is 2.90. The Morgan fingerprint density at radius 2 is 2.44 bits per heavy atom. The van der Waals surface area contributed by atoms with Gasteiger partial charge in [-0.25, -0.2) is 4.98 Å². The molecule has 0 aliphatic heterocycles. The molecule has 0 bridgehead atoms. The van der Waals surface area contributed by atoms with Crippen molar-refractivity contribution in [2.75, 3.05) is 6.61 Å². The summed E-state index contributed by atoms with van der Waals surface area (Å²) in [7, 11) is 0. The van der Waals surface area contributed by atoms with Crippen molar-refractivity contribution in [3.8, 4) is 11.8 Å². The van der Waals surface area contributed by atoms with Crippen LogP contribution < -0.4 is 0 Å². The summed E-state index contributed by atoms with van der Waals surface area (Å²) in [5, 5.41) is 0.931. The minimum absolute atomic E-state index is 0.0992. The molecule has 0 atom stereocenters. The molecule has 0 unspecified atom stereocenters. The Balaban J connectivity index is 2.19. The van der Waals surface area contributed by atoms with E-state index in [-0.39, 0.29) is 12.4 Å². The Bertz CT molecular complexity index is 637. The van der Waals surface area contributed by atoms with E-state index < -0.39 is 0 Å². The molecule has 92 valence electrons. The van der Waals surface area contributed by atoms with E-state index in [9.17, 15) is 4.79 Å². The van der Waals surface area contributed by atoms with Crippen LogP contribution in [-0.2, 0) is 9.53 Å². The number of ether oxygens (including phenoxy) is 1. The van der Waals surface area contributed by atoms with Crippen LogP contribution in [0, 0.1) is 11.8 Å². The van der Waals surface area contributed by atoms with Gasteiger partial charge >= 0.3 is 5.97 Å². The lowest BCUT2D eigenvalue weighted by molar-refractivity contribution is -0.141. The largest absolute Gasteiger partial charge is 0.465 e. The van der Waals surface area contributed by atoms with Crippen molar-refractivity contribution < 1.29 is 9.53 Å². The molecule has 0 radical (unpaired) electrons. The third-order valence-corrected chi connectivity index (χ3v) is 2.69. The van der Waals surface area contributed by atoms with Crippen LogP contribution in [-0.4, -0.2) is 22.5 Å². The quantitative estimate of drug-likeness (QED) is 0.685. The molecule has 0 aromatic carbocycles. The first-order valence-electron chi connectivity index (χ1n) is 5.48. The predicted molar refractivity (Wildman–Crippen MR) is 71.9 cm³/mol. The molecule has 0 saturated carbocycles. The minimum Gasteiger partial charge on any atom is -0.465 e. The summed E-state index contributed by atoms with van der Waals surface area (Å²) < 4.78 is 5.69. The first-order valence-corrected chi connectivity index (χ1v) is 6.27. The van der Waals surface area contributed by atoms with Crippen LogP contribution in [0.1, 0.15) is 18.9 Å². The molecule has 4 nitrogen and oxygen atoms in total. The van der Waals surface area contributed by atoms with Gasteiger partial charge in [-0.05, 0) is 28.9 Å². The summed E-state index contributed by atoms with van der Waals surface area (Å²) in [5.74, 6) is 5.44. The number of halogens is 1. The molecule has 0 aliphatic carbocycles. The lowest BCUT2D eigenvalue weighted by Gasteiger charge is -1.94. The highest BCUT2D eigenvalue weighted by molar-refractivity contribution is 9.10. The molecule has 2 rings (SSSR count). The maximum atomic E-state index is 11.1. The molecule has 0 saturated heterocycles. The van der Waals surface area contributed by atoms with Gasteiger partial charge in [-0.3, -0.25) is 4.79 Å². The first-order chi connectivity index (χ1) is 8.70. The van der Waals surface area contributed by atoms with E-state index in [1.54, 1.807) is 19.3 Å². The molecule has 18 heavy (non-hydrogen) atoms. The molecule has 0 amide bonds. The van der Waals surface area contributed by atoms with Gasteiger partial charge in [-0.15, -0.1) is 0 Å². The van der Waals surface area contributed by atoms with Crippen molar-refractivity contribution in [3.63, 3.8) is 0 Å². The topological polar surface area (TPSA) is 55.0 Å². The van der Waals surface area contributed by atoms with Gasteiger partial charge in [0.15, 0.2) is 0 Å². The SMILES string of the molecule is CCOC(=O)CC#Cc1c[nH]c2ncc(Br)cc12. The van der Waals surface area contributed by atoms with Crippen molar-refractivity contribution >= 4 is 32.9 Å². The Morgan fingerprint density at radius 3 is 3.22 bits per heavy atom. The van der Waals surface area contributed by atoms with Gasteiger partial charge in [-0.2, -0.15) is 0 Å². The van der Waals surface area contributed by atoms with Crippen LogP contribution in [0.5, 0.6) is 0 Å². The molecule has 0 aliphatic rings. The Kier molecular flexibility index (Phi) is 4.00. The smallest absolute Gasteiger partial charge is 0.317 e. The highest BCUT2D eigenvalue weighted by Gasteiger charge is 2.03. The summed E-state index contributed by atoms with van der Waals surface area (Å²) >= 11 is 3.36. The summed E-state index contributed by atoms with van der Waals surface area (Å²) in [6, 6.07) is 1.94. The van der Waals surface area contributed by atoms with E-state index in [2.05, 4.69) is 37.7 Å². The average Bonchev–Trinajstić information content (AvgIpc) is 2.72. The van der Waals surface area contributed by atoms with E-state index in [1.165, 1.54) is 0 Å². The van der Waals surface area contributed by atoms with E-state index in [0.717, 1.165) is 21.1 Å². The number of aromatic nitrogens is 2. The zero-order valence-corrected chi connectivity index (χ0v) is 11.4. The lowest BCUT2D eigenvalue weighted by atomic mass is 10.2. The maximum absolute atomic E-state index is 11.1. The minimum atomic E-state index is -0.302. The number of H-pyrrole nitrogens is 1. The number of carbonyl (C=O) groups excluding carboxylic acids is 1. The zero-order valence-electron chi connectivity index (χ0n) is 9.79. The zero-order chi connectivity index (χ0) is 13.0. The van der Waals surface area contributed by atoms with Crippen LogP contribution >= 0.6 is 15.9 Å². The second-order valence-corrected chi connectivity index (χ2v) is 4.45. The molecule has 5 heteroatoms. The number of fused-ring (bicyclic) bond motifs is 1. The van der Waals surface area contributed by atoms with Crippen LogP contribution in [0.3, 0.4) is 0 Å². The fourth-order valence-electron chi connectivity index (χ4n) is 1.50. The van der Waals surface area contributed by atoms with Gasteiger partial charge in [-0.1, -0.05) is 11.8 Å². The van der Waals surface area contributed by atoms with Crippen molar-refractivity contribution in [1.29, 1.82) is 0 Å². The second-order valence-electron chi connectivity index (χ2n) is 3.54. The van der Waals surface area contributed by atoms with Crippen molar-refractivity contribution in [2.24, 2.45) is 0 Å². The number of pyridine rings is 1. The van der Waals surface area contributed by atoms with E-state index in [4.69, 9.17) is 4.74 Å². The average molecular weight is 307 g/mol. The number of rotatable bonds is 2. The third-order valence-electron chi connectivity index (χ3n) is 2.26. The van der Waals surface area contributed by atoms with E-state index in [1.807, 2.05) is 6.07 Å². The van der Waals surface area contributed by atoms with Crippen LogP contribution in [0.25, 0.3) is 11.0 Å².